The van der Waals surface area contributed by atoms with E-state index in [-0.39, 0.29) is 5.78 Å². The third-order valence-corrected chi connectivity index (χ3v) is 5.26. The molecule has 0 aliphatic rings. The molecule has 0 radical (unpaired) electrons. The number of carbonyl (C=O) groups is 2. The van der Waals surface area contributed by atoms with Gasteiger partial charge in [0.15, 0.2) is 0 Å². The van der Waals surface area contributed by atoms with Crippen LogP contribution in [0.4, 0.5) is 0 Å². The molecule has 4 heteroatoms. The quantitative estimate of drug-likeness (QED) is 0.702. The van der Waals surface area contributed by atoms with Gasteiger partial charge in [0.1, 0.15) is 17.0 Å². The van der Waals surface area contributed by atoms with Crippen LogP contribution in [0, 0.1) is 10.8 Å². The summed E-state index contributed by atoms with van der Waals surface area (Å²) in [5, 5.41) is 0. The van der Waals surface area contributed by atoms with Gasteiger partial charge < -0.3 is 9.47 Å². The topological polar surface area (TPSA) is 52.6 Å². The number of ether oxygens (including phenoxy) is 2. The smallest absolute Gasteiger partial charge is 0.313 e. The molecule has 0 saturated heterocycles. The molecule has 0 amide bonds. The van der Waals surface area contributed by atoms with Gasteiger partial charge in [-0.05, 0) is 48.5 Å². The maximum absolute atomic E-state index is 12.6. The van der Waals surface area contributed by atoms with E-state index in [1.165, 1.54) is 6.92 Å². The maximum atomic E-state index is 12.6. The summed E-state index contributed by atoms with van der Waals surface area (Å²) in [5.74, 6) is -0.434. The monoisotopic (exact) mass is 286 g/mol. The van der Waals surface area contributed by atoms with E-state index in [0.717, 1.165) is 0 Å². The molecule has 0 aromatic carbocycles. The van der Waals surface area contributed by atoms with E-state index < -0.39 is 28.0 Å². The molecule has 0 aromatic heterocycles. The summed E-state index contributed by atoms with van der Waals surface area (Å²) >= 11 is 0. The van der Waals surface area contributed by atoms with Gasteiger partial charge in [-0.25, -0.2) is 0 Å². The van der Waals surface area contributed by atoms with Crippen molar-refractivity contribution < 1.29 is 19.1 Å². The molecule has 0 saturated carbocycles. The lowest BCUT2D eigenvalue weighted by molar-refractivity contribution is -0.201. The number of ketones is 1. The van der Waals surface area contributed by atoms with Crippen LogP contribution in [0.15, 0.2) is 0 Å². The predicted molar refractivity (Wildman–Crippen MR) is 79.5 cm³/mol. The lowest BCUT2D eigenvalue weighted by atomic mass is 9.65. The van der Waals surface area contributed by atoms with Crippen LogP contribution in [0.1, 0.15) is 62.3 Å². The fourth-order valence-corrected chi connectivity index (χ4v) is 1.42. The standard InChI is InChI=1S/C16H30O4/c1-11(17)13(2,3)14(4,5)12(18)20-16(8,9)15(6,7)19-10/h1-10H3. The molecule has 0 bridgehead atoms. The Bertz CT molecular complexity index is 389. The highest BCUT2D eigenvalue weighted by molar-refractivity contribution is 5.90. The predicted octanol–water partition coefficient (Wildman–Crippen LogP) is 3.37. The van der Waals surface area contributed by atoms with Crippen molar-refractivity contribution in [3.8, 4) is 0 Å². The van der Waals surface area contributed by atoms with Gasteiger partial charge in [-0.1, -0.05) is 13.8 Å². The van der Waals surface area contributed by atoms with Crippen LogP contribution in [-0.2, 0) is 19.1 Å². The largest absolute Gasteiger partial charge is 0.456 e. The SMILES string of the molecule is COC(C)(C)C(C)(C)OC(=O)C(C)(C)C(C)(C)C(C)=O. The van der Waals surface area contributed by atoms with Crippen molar-refractivity contribution in [2.75, 3.05) is 7.11 Å². The van der Waals surface area contributed by atoms with Gasteiger partial charge in [0, 0.05) is 12.5 Å². The Kier molecular flexibility index (Phi) is 5.23. The van der Waals surface area contributed by atoms with Crippen molar-refractivity contribution in [3.05, 3.63) is 0 Å². The van der Waals surface area contributed by atoms with Gasteiger partial charge in [0.25, 0.3) is 0 Å². The Morgan fingerprint density at radius 3 is 1.45 bits per heavy atom. The highest BCUT2D eigenvalue weighted by Gasteiger charge is 2.51. The molecular formula is C16H30O4. The number of esters is 1. The van der Waals surface area contributed by atoms with Crippen molar-refractivity contribution in [1.29, 1.82) is 0 Å². The minimum Gasteiger partial charge on any atom is -0.456 e. The first-order valence-electron chi connectivity index (χ1n) is 6.93. The van der Waals surface area contributed by atoms with E-state index in [1.54, 1.807) is 34.8 Å². The Labute approximate surface area is 123 Å². The van der Waals surface area contributed by atoms with Crippen LogP contribution < -0.4 is 0 Å². The zero-order valence-corrected chi connectivity index (χ0v) is 14.6. The molecule has 0 heterocycles. The van der Waals surface area contributed by atoms with E-state index in [0.29, 0.717) is 0 Å². The average molecular weight is 286 g/mol. The molecule has 0 spiro atoms. The van der Waals surface area contributed by atoms with E-state index in [1.807, 2.05) is 27.7 Å². The van der Waals surface area contributed by atoms with Crippen LogP contribution in [0.5, 0.6) is 0 Å². The van der Waals surface area contributed by atoms with Gasteiger partial charge in [-0.2, -0.15) is 0 Å². The molecule has 0 unspecified atom stereocenters. The number of methoxy groups -OCH3 is 1. The first kappa shape index (κ1) is 19.1. The minimum absolute atomic E-state index is 0.0387. The van der Waals surface area contributed by atoms with Gasteiger partial charge in [-0.15, -0.1) is 0 Å². The van der Waals surface area contributed by atoms with Crippen molar-refractivity contribution >= 4 is 11.8 Å². The highest BCUT2D eigenvalue weighted by Crippen LogP contribution is 2.42. The van der Waals surface area contributed by atoms with Crippen LogP contribution in [-0.4, -0.2) is 30.1 Å². The summed E-state index contributed by atoms with van der Waals surface area (Å²) in [6.45, 7) is 15.9. The molecule has 0 rings (SSSR count). The van der Waals surface area contributed by atoms with Gasteiger partial charge in [0.2, 0.25) is 0 Å². The second-order valence-corrected chi connectivity index (χ2v) is 7.42. The first-order chi connectivity index (χ1) is 8.63. The van der Waals surface area contributed by atoms with E-state index in [9.17, 15) is 9.59 Å². The van der Waals surface area contributed by atoms with Gasteiger partial charge in [0.05, 0.1) is 5.41 Å². The molecule has 20 heavy (non-hydrogen) atoms. The van der Waals surface area contributed by atoms with E-state index >= 15 is 0 Å². The van der Waals surface area contributed by atoms with Crippen molar-refractivity contribution in [2.45, 2.75) is 73.5 Å². The van der Waals surface area contributed by atoms with Crippen LogP contribution in [0.3, 0.4) is 0 Å². The normalized spacial score (nSPS) is 14.1. The number of rotatable bonds is 6. The van der Waals surface area contributed by atoms with Crippen LogP contribution >= 0.6 is 0 Å². The minimum atomic E-state index is -0.917. The molecule has 118 valence electrons. The summed E-state index contributed by atoms with van der Waals surface area (Å²) < 4.78 is 11.1. The molecule has 0 aliphatic heterocycles. The number of Topliss-reactive ketones (excluding diaryl/α,β-unsaturated/α-hetero) is 1. The number of carbonyl (C=O) groups excluding carboxylic acids is 2. The second kappa shape index (κ2) is 5.47. The molecule has 4 nitrogen and oxygen atoms in total. The molecule has 0 aliphatic carbocycles. The zero-order chi connectivity index (χ0) is 16.6. The van der Waals surface area contributed by atoms with Crippen molar-refractivity contribution in [3.63, 3.8) is 0 Å². The fraction of sp³-hybridized carbons (Fsp3) is 0.875. The number of hydrogen-bond acceptors (Lipinski definition) is 4. The molecule has 0 fully saturated rings. The summed E-state index contributed by atoms with van der Waals surface area (Å²) in [7, 11) is 1.58. The highest BCUT2D eigenvalue weighted by atomic mass is 16.6. The molecular weight excluding hydrogens is 256 g/mol. The number of hydrogen-bond donors (Lipinski definition) is 0. The van der Waals surface area contributed by atoms with Gasteiger partial charge >= 0.3 is 5.97 Å². The Hall–Kier alpha value is -0.900. The summed E-state index contributed by atoms with van der Waals surface area (Å²) in [6.07, 6.45) is 0. The van der Waals surface area contributed by atoms with Crippen molar-refractivity contribution in [2.24, 2.45) is 10.8 Å². The van der Waals surface area contributed by atoms with E-state index in [2.05, 4.69) is 0 Å². The Balaban J connectivity index is 5.35. The fourth-order valence-electron chi connectivity index (χ4n) is 1.42. The second-order valence-electron chi connectivity index (χ2n) is 7.42. The van der Waals surface area contributed by atoms with E-state index in [4.69, 9.17) is 9.47 Å². The summed E-state index contributed by atoms with van der Waals surface area (Å²) in [5.41, 5.74) is -3.14. The molecule has 0 atom stereocenters. The third kappa shape index (κ3) is 3.22. The summed E-state index contributed by atoms with van der Waals surface area (Å²) in [6, 6.07) is 0. The van der Waals surface area contributed by atoms with Crippen molar-refractivity contribution in [1.82, 2.24) is 0 Å². The first-order valence-corrected chi connectivity index (χ1v) is 6.93. The van der Waals surface area contributed by atoms with Crippen LogP contribution in [0.25, 0.3) is 0 Å². The zero-order valence-electron chi connectivity index (χ0n) is 14.6. The lowest BCUT2D eigenvalue weighted by Crippen LogP contribution is -2.54. The lowest BCUT2D eigenvalue weighted by Gasteiger charge is -2.44. The van der Waals surface area contributed by atoms with Gasteiger partial charge in [-0.3, -0.25) is 9.59 Å². The summed E-state index contributed by atoms with van der Waals surface area (Å²) in [4.78, 5) is 24.4. The molecule has 0 aromatic rings. The molecule has 0 N–H and O–H groups in total. The van der Waals surface area contributed by atoms with Crippen LogP contribution in [0.2, 0.25) is 0 Å². The Morgan fingerprint density at radius 1 is 0.750 bits per heavy atom. The third-order valence-electron chi connectivity index (χ3n) is 5.26. The maximum Gasteiger partial charge on any atom is 0.313 e. The average Bonchev–Trinajstić information content (AvgIpc) is 2.27. The Morgan fingerprint density at radius 2 is 1.15 bits per heavy atom.